The lowest BCUT2D eigenvalue weighted by molar-refractivity contribution is 0.0940. The minimum atomic E-state index is -0.170. The Bertz CT molecular complexity index is 614. The lowest BCUT2D eigenvalue weighted by atomic mass is 10.1. The molecule has 0 aliphatic rings. The molecule has 1 heterocycles. The fourth-order valence-electron chi connectivity index (χ4n) is 1.63. The van der Waals surface area contributed by atoms with Gasteiger partial charge in [-0.15, -0.1) is 11.3 Å². The second-order valence-electron chi connectivity index (χ2n) is 4.05. The molecule has 0 bridgehead atoms. The number of nitrogens with two attached hydrogens (primary N) is 1. The Balaban J connectivity index is 2.15. The SMILES string of the molecule is CC(NC(=O)c1cccc(N)c1Br)c1ccc(Cl)s1. The third-order valence-corrected chi connectivity index (χ3v) is 4.94. The van der Waals surface area contributed by atoms with Crippen LogP contribution in [0.25, 0.3) is 0 Å². The molecule has 3 nitrogen and oxygen atoms in total. The van der Waals surface area contributed by atoms with Gasteiger partial charge in [-0.25, -0.2) is 0 Å². The first-order chi connectivity index (χ1) is 8.99. The molecule has 1 amide bonds. The zero-order chi connectivity index (χ0) is 14.0. The molecule has 2 rings (SSSR count). The first kappa shape index (κ1) is 14.4. The molecule has 0 aliphatic heterocycles. The van der Waals surface area contributed by atoms with Gasteiger partial charge in [0.05, 0.1) is 20.4 Å². The van der Waals surface area contributed by atoms with E-state index in [2.05, 4.69) is 21.2 Å². The van der Waals surface area contributed by atoms with Crippen LogP contribution in [0.1, 0.15) is 28.2 Å². The molecule has 1 unspecified atom stereocenters. The summed E-state index contributed by atoms with van der Waals surface area (Å²) in [6.45, 7) is 1.92. The molecule has 0 saturated heterocycles. The molecular formula is C13H12BrClN2OS. The summed E-state index contributed by atoms with van der Waals surface area (Å²) in [5, 5.41) is 2.92. The number of carbonyl (C=O) groups is 1. The molecule has 100 valence electrons. The molecule has 0 fully saturated rings. The number of carbonyl (C=O) groups excluding carboxylic acids is 1. The summed E-state index contributed by atoms with van der Waals surface area (Å²) in [5.74, 6) is -0.170. The maximum atomic E-state index is 12.2. The first-order valence-electron chi connectivity index (χ1n) is 5.59. The van der Waals surface area contributed by atoms with E-state index in [1.54, 1.807) is 18.2 Å². The van der Waals surface area contributed by atoms with Crippen LogP contribution in [0.3, 0.4) is 0 Å². The predicted octanol–water partition coefficient (Wildman–Crippen LogP) is 4.24. The molecule has 19 heavy (non-hydrogen) atoms. The number of benzene rings is 1. The van der Waals surface area contributed by atoms with Gasteiger partial charge in [0.15, 0.2) is 0 Å². The summed E-state index contributed by atoms with van der Waals surface area (Å²) in [7, 11) is 0. The smallest absolute Gasteiger partial charge is 0.253 e. The van der Waals surface area contributed by atoms with Crippen LogP contribution in [0.15, 0.2) is 34.8 Å². The van der Waals surface area contributed by atoms with Gasteiger partial charge in [-0.1, -0.05) is 17.7 Å². The molecule has 0 saturated carbocycles. The average Bonchev–Trinajstić information content (AvgIpc) is 2.79. The highest BCUT2D eigenvalue weighted by Crippen LogP contribution is 2.28. The van der Waals surface area contributed by atoms with E-state index in [9.17, 15) is 4.79 Å². The maximum Gasteiger partial charge on any atom is 0.253 e. The molecule has 0 radical (unpaired) electrons. The van der Waals surface area contributed by atoms with Gasteiger partial charge in [-0.05, 0) is 47.1 Å². The minimum absolute atomic E-state index is 0.0988. The van der Waals surface area contributed by atoms with Crippen LogP contribution in [0.5, 0.6) is 0 Å². The molecule has 2 aromatic rings. The second kappa shape index (κ2) is 5.94. The Morgan fingerprint density at radius 2 is 2.16 bits per heavy atom. The van der Waals surface area contributed by atoms with E-state index in [0.29, 0.717) is 20.1 Å². The van der Waals surface area contributed by atoms with Gasteiger partial charge >= 0.3 is 0 Å². The van der Waals surface area contributed by atoms with Gasteiger partial charge in [-0.2, -0.15) is 0 Å². The van der Waals surface area contributed by atoms with Gasteiger partial charge in [0.25, 0.3) is 5.91 Å². The normalized spacial score (nSPS) is 12.2. The Labute approximate surface area is 128 Å². The zero-order valence-electron chi connectivity index (χ0n) is 10.1. The standard InChI is InChI=1S/C13H12BrClN2OS/c1-7(10-5-6-11(15)19-10)17-13(18)8-3-2-4-9(16)12(8)14/h2-7H,16H2,1H3,(H,17,18). The van der Waals surface area contributed by atoms with Crippen molar-refractivity contribution >= 4 is 50.5 Å². The van der Waals surface area contributed by atoms with Crippen LogP contribution in [-0.4, -0.2) is 5.91 Å². The van der Waals surface area contributed by atoms with Crippen LogP contribution >= 0.6 is 38.9 Å². The Hall–Kier alpha value is -1.04. The molecule has 1 atom stereocenters. The number of amides is 1. The summed E-state index contributed by atoms with van der Waals surface area (Å²) in [4.78, 5) is 13.2. The number of nitrogens with one attached hydrogen (secondary N) is 1. The van der Waals surface area contributed by atoms with Crippen molar-refractivity contribution in [1.29, 1.82) is 0 Å². The van der Waals surface area contributed by atoms with Crippen LogP contribution in [0, 0.1) is 0 Å². The largest absolute Gasteiger partial charge is 0.398 e. The van der Waals surface area contributed by atoms with Gasteiger partial charge in [-0.3, -0.25) is 4.79 Å². The van der Waals surface area contributed by atoms with E-state index in [0.717, 1.165) is 4.88 Å². The fourth-order valence-corrected chi connectivity index (χ4v) is 3.14. The topological polar surface area (TPSA) is 55.1 Å². The molecule has 1 aromatic heterocycles. The quantitative estimate of drug-likeness (QED) is 0.805. The summed E-state index contributed by atoms with van der Waals surface area (Å²) < 4.78 is 1.32. The summed E-state index contributed by atoms with van der Waals surface area (Å²) >= 11 is 10.7. The third-order valence-electron chi connectivity index (χ3n) is 2.64. The van der Waals surface area contributed by atoms with Crippen molar-refractivity contribution in [2.24, 2.45) is 0 Å². The highest BCUT2D eigenvalue weighted by Gasteiger charge is 2.16. The number of anilines is 1. The van der Waals surface area contributed by atoms with Gasteiger partial charge in [0.1, 0.15) is 0 Å². The van der Waals surface area contributed by atoms with Crippen LogP contribution < -0.4 is 11.1 Å². The number of rotatable bonds is 3. The zero-order valence-corrected chi connectivity index (χ0v) is 13.3. The van der Waals surface area contributed by atoms with E-state index in [1.165, 1.54) is 11.3 Å². The van der Waals surface area contributed by atoms with E-state index in [-0.39, 0.29) is 11.9 Å². The van der Waals surface area contributed by atoms with Gasteiger partial charge in [0.2, 0.25) is 0 Å². The Kier molecular flexibility index (Phi) is 4.50. The number of hydrogen-bond donors (Lipinski definition) is 2. The van der Waals surface area contributed by atoms with Gasteiger partial charge < -0.3 is 11.1 Å². The molecule has 0 aliphatic carbocycles. The van der Waals surface area contributed by atoms with E-state index >= 15 is 0 Å². The molecule has 3 N–H and O–H groups in total. The maximum absolute atomic E-state index is 12.2. The van der Waals surface area contributed by atoms with E-state index in [4.69, 9.17) is 17.3 Å². The van der Waals surface area contributed by atoms with Crippen LogP contribution in [0.4, 0.5) is 5.69 Å². The first-order valence-corrected chi connectivity index (χ1v) is 7.58. The highest BCUT2D eigenvalue weighted by molar-refractivity contribution is 9.10. The lowest BCUT2D eigenvalue weighted by Crippen LogP contribution is -2.26. The Morgan fingerprint density at radius 1 is 1.42 bits per heavy atom. The third kappa shape index (κ3) is 3.29. The molecular weight excluding hydrogens is 348 g/mol. The van der Waals surface area contributed by atoms with Crippen molar-refractivity contribution in [3.8, 4) is 0 Å². The van der Waals surface area contributed by atoms with Crippen molar-refractivity contribution < 1.29 is 4.79 Å². The average molecular weight is 360 g/mol. The Morgan fingerprint density at radius 3 is 2.79 bits per heavy atom. The molecule has 1 aromatic carbocycles. The van der Waals surface area contributed by atoms with Crippen molar-refractivity contribution in [1.82, 2.24) is 5.32 Å². The fraction of sp³-hybridized carbons (Fsp3) is 0.154. The lowest BCUT2D eigenvalue weighted by Gasteiger charge is -2.13. The summed E-state index contributed by atoms with van der Waals surface area (Å²) in [6.07, 6.45) is 0. The van der Waals surface area contributed by atoms with Crippen molar-refractivity contribution in [3.05, 3.63) is 49.6 Å². The van der Waals surface area contributed by atoms with Crippen molar-refractivity contribution in [2.45, 2.75) is 13.0 Å². The molecule has 6 heteroatoms. The monoisotopic (exact) mass is 358 g/mol. The van der Waals surface area contributed by atoms with Crippen LogP contribution in [0.2, 0.25) is 4.34 Å². The number of nitrogen functional groups attached to an aromatic ring is 1. The minimum Gasteiger partial charge on any atom is -0.398 e. The van der Waals surface area contributed by atoms with E-state index < -0.39 is 0 Å². The van der Waals surface area contributed by atoms with Crippen LogP contribution in [-0.2, 0) is 0 Å². The molecule has 0 spiro atoms. The van der Waals surface area contributed by atoms with Gasteiger partial charge in [0, 0.05) is 10.6 Å². The van der Waals surface area contributed by atoms with E-state index in [1.807, 2.05) is 19.1 Å². The number of thiophene rings is 1. The highest BCUT2D eigenvalue weighted by atomic mass is 79.9. The number of hydrogen-bond acceptors (Lipinski definition) is 3. The predicted molar refractivity (Wildman–Crippen MR) is 83.8 cm³/mol. The number of halogens is 2. The summed E-state index contributed by atoms with van der Waals surface area (Å²) in [6, 6.07) is 8.85. The van der Waals surface area contributed by atoms with Crippen molar-refractivity contribution in [2.75, 3.05) is 5.73 Å². The summed E-state index contributed by atoms with van der Waals surface area (Å²) in [5.41, 5.74) is 6.83. The second-order valence-corrected chi connectivity index (χ2v) is 6.59. The van der Waals surface area contributed by atoms with Crippen molar-refractivity contribution in [3.63, 3.8) is 0 Å².